The lowest BCUT2D eigenvalue weighted by Gasteiger charge is -2.32. The van der Waals surface area contributed by atoms with Gasteiger partial charge in [-0.25, -0.2) is 17.5 Å². The second-order valence-corrected chi connectivity index (χ2v) is 10.7. The first-order chi connectivity index (χ1) is 16.8. The van der Waals surface area contributed by atoms with Crippen LogP contribution in [0, 0.1) is 12.7 Å². The summed E-state index contributed by atoms with van der Waals surface area (Å²) in [7, 11) is -3.78. The van der Waals surface area contributed by atoms with Crippen LogP contribution >= 0.6 is 0 Å². The van der Waals surface area contributed by atoms with E-state index in [1.807, 2.05) is 30.3 Å². The smallest absolute Gasteiger partial charge is 0.251 e. The van der Waals surface area contributed by atoms with E-state index in [-0.39, 0.29) is 29.2 Å². The average Bonchev–Trinajstić information content (AvgIpc) is 2.86. The molecule has 4 rings (SSSR count). The summed E-state index contributed by atoms with van der Waals surface area (Å²) in [5.41, 5.74) is 2.82. The molecule has 1 heterocycles. The minimum atomic E-state index is -3.78. The molecule has 1 aliphatic heterocycles. The maximum atomic E-state index is 13.1. The molecule has 35 heavy (non-hydrogen) atoms. The number of carbonyl (C=O) groups is 1. The lowest BCUT2D eigenvalue weighted by molar-refractivity contribution is 0.0908. The van der Waals surface area contributed by atoms with E-state index in [4.69, 9.17) is 0 Å². The van der Waals surface area contributed by atoms with Crippen LogP contribution in [0.2, 0.25) is 0 Å². The number of piperidine rings is 1. The number of likely N-dealkylation sites (tertiary alicyclic amines) is 1. The highest BCUT2D eigenvalue weighted by Crippen LogP contribution is 2.19. The van der Waals surface area contributed by atoms with Crippen LogP contribution in [0.5, 0.6) is 0 Å². The van der Waals surface area contributed by atoms with E-state index in [1.165, 1.54) is 18.2 Å². The molecule has 6 nitrogen and oxygen atoms in total. The van der Waals surface area contributed by atoms with Crippen LogP contribution < -0.4 is 10.0 Å². The molecular formula is C27H30FN3O3S. The fourth-order valence-corrected chi connectivity index (χ4v) is 5.52. The SMILES string of the molecule is Cc1ccc(C(=O)NC2CCN(Cc3ccc(F)cc3)CC2)cc1S(=O)(=O)NCc1ccccc1. The molecule has 1 amide bonds. The quantitative estimate of drug-likeness (QED) is 0.495. The number of hydrogen-bond acceptors (Lipinski definition) is 4. The van der Waals surface area contributed by atoms with Crippen LogP contribution in [-0.4, -0.2) is 38.4 Å². The zero-order valence-corrected chi connectivity index (χ0v) is 20.5. The fourth-order valence-electron chi connectivity index (χ4n) is 4.23. The molecule has 8 heteroatoms. The topological polar surface area (TPSA) is 78.5 Å². The largest absolute Gasteiger partial charge is 0.349 e. The molecule has 0 spiro atoms. The van der Waals surface area contributed by atoms with Gasteiger partial charge in [-0.15, -0.1) is 0 Å². The van der Waals surface area contributed by atoms with E-state index >= 15 is 0 Å². The highest BCUT2D eigenvalue weighted by molar-refractivity contribution is 7.89. The number of halogens is 1. The Bertz CT molecular complexity index is 1260. The normalized spacial score (nSPS) is 15.1. The summed E-state index contributed by atoms with van der Waals surface area (Å²) in [5.74, 6) is -0.518. The number of carbonyl (C=O) groups excluding carboxylic acids is 1. The van der Waals surface area contributed by atoms with Crippen LogP contribution in [0.15, 0.2) is 77.7 Å². The molecule has 3 aromatic carbocycles. The highest BCUT2D eigenvalue weighted by atomic mass is 32.2. The molecule has 1 aliphatic rings. The van der Waals surface area contributed by atoms with Gasteiger partial charge in [-0.05, 0) is 60.7 Å². The molecule has 0 aliphatic carbocycles. The molecule has 3 aromatic rings. The van der Waals surface area contributed by atoms with Crippen LogP contribution in [0.1, 0.15) is 39.9 Å². The predicted molar refractivity (Wildman–Crippen MR) is 134 cm³/mol. The van der Waals surface area contributed by atoms with Crippen molar-refractivity contribution < 1.29 is 17.6 Å². The Morgan fingerprint density at radius 2 is 1.66 bits per heavy atom. The number of aryl methyl sites for hydroxylation is 1. The van der Waals surface area contributed by atoms with Gasteiger partial charge >= 0.3 is 0 Å². The van der Waals surface area contributed by atoms with Crippen LogP contribution in [0.25, 0.3) is 0 Å². The number of nitrogens with zero attached hydrogens (tertiary/aromatic N) is 1. The van der Waals surface area contributed by atoms with Gasteiger partial charge in [-0.1, -0.05) is 48.5 Å². The Morgan fingerprint density at radius 1 is 0.971 bits per heavy atom. The standard InChI is InChI=1S/C27H30FN3O3S/c1-20-7-10-23(17-26(20)35(33,34)29-18-21-5-3-2-4-6-21)27(32)30-25-13-15-31(16-14-25)19-22-8-11-24(28)12-9-22/h2-12,17,25,29H,13-16,18-19H2,1H3,(H,30,32). The Labute approximate surface area is 206 Å². The van der Waals surface area contributed by atoms with Crippen LogP contribution in [-0.2, 0) is 23.1 Å². The van der Waals surface area contributed by atoms with Gasteiger partial charge < -0.3 is 5.32 Å². The zero-order valence-electron chi connectivity index (χ0n) is 19.7. The van der Waals surface area contributed by atoms with Crippen molar-refractivity contribution in [3.8, 4) is 0 Å². The van der Waals surface area contributed by atoms with Gasteiger partial charge in [0.25, 0.3) is 5.91 Å². The second kappa shape index (κ2) is 11.1. The van der Waals surface area contributed by atoms with E-state index in [0.29, 0.717) is 11.1 Å². The summed E-state index contributed by atoms with van der Waals surface area (Å²) in [6.07, 6.45) is 1.59. The van der Waals surface area contributed by atoms with Crippen molar-refractivity contribution in [3.63, 3.8) is 0 Å². The number of sulfonamides is 1. The molecule has 2 N–H and O–H groups in total. The summed E-state index contributed by atoms with van der Waals surface area (Å²) in [4.78, 5) is 15.3. The highest BCUT2D eigenvalue weighted by Gasteiger charge is 2.23. The fraction of sp³-hybridized carbons (Fsp3) is 0.296. The third-order valence-corrected chi connectivity index (χ3v) is 7.83. The lowest BCUT2D eigenvalue weighted by Crippen LogP contribution is -2.44. The van der Waals surface area contributed by atoms with E-state index in [9.17, 15) is 17.6 Å². The monoisotopic (exact) mass is 495 g/mol. The minimum Gasteiger partial charge on any atom is -0.349 e. The maximum absolute atomic E-state index is 13.1. The van der Waals surface area contributed by atoms with Gasteiger partial charge in [-0.2, -0.15) is 0 Å². The summed E-state index contributed by atoms with van der Waals surface area (Å²) >= 11 is 0. The number of amides is 1. The molecule has 184 valence electrons. The second-order valence-electron chi connectivity index (χ2n) is 8.94. The van der Waals surface area contributed by atoms with Crippen molar-refractivity contribution in [2.45, 2.75) is 43.8 Å². The Morgan fingerprint density at radius 3 is 2.34 bits per heavy atom. The van der Waals surface area contributed by atoms with Crippen molar-refractivity contribution >= 4 is 15.9 Å². The van der Waals surface area contributed by atoms with E-state index in [2.05, 4.69) is 14.9 Å². The summed E-state index contributed by atoms with van der Waals surface area (Å²) in [6.45, 7) is 4.28. The van der Waals surface area contributed by atoms with Crippen molar-refractivity contribution in [2.24, 2.45) is 0 Å². The van der Waals surface area contributed by atoms with Gasteiger partial charge in [0, 0.05) is 37.8 Å². The first kappa shape index (κ1) is 25.0. The van der Waals surface area contributed by atoms with Gasteiger partial charge in [-0.3, -0.25) is 9.69 Å². The third-order valence-electron chi connectivity index (χ3n) is 6.29. The van der Waals surface area contributed by atoms with Gasteiger partial charge in [0.15, 0.2) is 0 Å². The van der Waals surface area contributed by atoms with Gasteiger partial charge in [0.05, 0.1) is 4.90 Å². The third kappa shape index (κ3) is 6.75. The molecule has 0 bridgehead atoms. The zero-order chi connectivity index (χ0) is 24.8. The predicted octanol–water partition coefficient (Wildman–Crippen LogP) is 4.01. The lowest BCUT2D eigenvalue weighted by atomic mass is 10.0. The molecule has 1 fully saturated rings. The first-order valence-corrected chi connectivity index (χ1v) is 13.2. The average molecular weight is 496 g/mol. The minimum absolute atomic E-state index is 0.0181. The molecular weight excluding hydrogens is 465 g/mol. The maximum Gasteiger partial charge on any atom is 0.251 e. The number of benzene rings is 3. The van der Waals surface area contributed by atoms with Crippen molar-refractivity contribution in [2.75, 3.05) is 13.1 Å². The van der Waals surface area contributed by atoms with Crippen LogP contribution in [0.3, 0.4) is 0 Å². The molecule has 0 radical (unpaired) electrons. The Kier molecular flexibility index (Phi) is 7.95. The molecule has 0 atom stereocenters. The molecule has 1 saturated heterocycles. The van der Waals surface area contributed by atoms with Crippen molar-refractivity contribution in [1.82, 2.24) is 14.9 Å². The van der Waals surface area contributed by atoms with E-state index < -0.39 is 10.0 Å². The molecule has 0 saturated carbocycles. The first-order valence-electron chi connectivity index (χ1n) is 11.7. The summed E-state index contributed by atoms with van der Waals surface area (Å²) in [6, 6.07) is 20.6. The molecule has 0 aromatic heterocycles. The summed E-state index contributed by atoms with van der Waals surface area (Å²) < 4.78 is 41.6. The van der Waals surface area contributed by atoms with Crippen molar-refractivity contribution in [1.29, 1.82) is 0 Å². The Balaban J connectivity index is 1.34. The van der Waals surface area contributed by atoms with Gasteiger partial charge in [0.1, 0.15) is 5.82 Å². The molecule has 0 unspecified atom stereocenters. The van der Waals surface area contributed by atoms with E-state index in [1.54, 1.807) is 31.2 Å². The van der Waals surface area contributed by atoms with E-state index in [0.717, 1.165) is 43.6 Å². The number of rotatable bonds is 8. The summed E-state index contributed by atoms with van der Waals surface area (Å²) in [5, 5.41) is 3.05. The number of nitrogens with one attached hydrogen (secondary N) is 2. The van der Waals surface area contributed by atoms with Gasteiger partial charge in [0.2, 0.25) is 10.0 Å². The number of hydrogen-bond donors (Lipinski definition) is 2. The Hall–Kier alpha value is -3.07. The van der Waals surface area contributed by atoms with Crippen LogP contribution in [0.4, 0.5) is 4.39 Å². The van der Waals surface area contributed by atoms with Crippen molar-refractivity contribution in [3.05, 3.63) is 101 Å².